The van der Waals surface area contributed by atoms with Gasteiger partial charge in [-0.25, -0.2) is 4.39 Å². The van der Waals surface area contributed by atoms with E-state index >= 15 is 0 Å². The highest BCUT2D eigenvalue weighted by Crippen LogP contribution is 2.18. The Morgan fingerprint density at radius 1 is 1.29 bits per heavy atom. The molecule has 1 aliphatic carbocycles. The lowest BCUT2D eigenvalue weighted by atomic mass is 10.2. The van der Waals surface area contributed by atoms with E-state index in [0.717, 1.165) is 12.3 Å². The first-order chi connectivity index (χ1) is 8.24. The van der Waals surface area contributed by atoms with Crippen LogP contribution in [0.2, 0.25) is 0 Å². The zero-order chi connectivity index (χ0) is 12.1. The molecule has 2 rings (SSSR count). The van der Waals surface area contributed by atoms with Gasteiger partial charge >= 0.3 is 0 Å². The summed E-state index contributed by atoms with van der Waals surface area (Å²) in [6, 6.07) is 6.84. The number of hydrogen-bond donors (Lipinski definition) is 1. The third kappa shape index (κ3) is 4.00. The van der Waals surface area contributed by atoms with Crippen LogP contribution >= 0.6 is 0 Å². The van der Waals surface area contributed by atoms with Gasteiger partial charge in [-0.15, -0.1) is 0 Å². The Labute approximate surface area is 102 Å². The van der Waals surface area contributed by atoms with Crippen molar-refractivity contribution in [3.8, 4) is 5.75 Å². The van der Waals surface area contributed by atoms with E-state index in [-0.39, 0.29) is 11.9 Å². The minimum absolute atomic E-state index is 0.112. The zero-order valence-electron chi connectivity index (χ0n) is 10.3. The molecule has 0 spiro atoms. The van der Waals surface area contributed by atoms with Gasteiger partial charge in [0.2, 0.25) is 0 Å². The Balaban J connectivity index is 1.72. The van der Waals surface area contributed by atoms with Gasteiger partial charge < -0.3 is 10.1 Å². The Morgan fingerprint density at radius 2 is 1.94 bits per heavy atom. The molecule has 1 aromatic rings. The monoisotopic (exact) mass is 237 g/mol. The van der Waals surface area contributed by atoms with Crippen LogP contribution in [-0.4, -0.2) is 18.7 Å². The predicted molar refractivity (Wildman–Crippen MR) is 66.7 cm³/mol. The second kappa shape index (κ2) is 6.01. The van der Waals surface area contributed by atoms with Crippen LogP contribution in [0.15, 0.2) is 24.3 Å². The standard InChI is InChI=1S/C14H20FNO/c1-11(10-16-13-4-2-3-5-13)17-14-8-6-12(15)7-9-14/h6-9,11,13,16H,2-5,10H2,1H3. The minimum atomic E-state index is -0.228. The fourth-order valence-electron chi connectivity index (χ4n) is 2.25. The van der Waals surface area contributed by atoms with Gasteiger partial charge in [-0.3, -0.25) is 0 Å². The Hall–Kier alpha value is -1.09. The molecule has 0 saturated heterocycles. The molecule has 2 nitrogen and oxygen atoms in total. The van der Waals surface area contributed by atoms with Gasteiger partial charge in [0.25, 0.3) is 0 Å². The van der Waals surface area contributed by atoms with Crippen LogP contribution in [0, 0.1) is 5.82 Å². The summed E-state index contributed by atoms with van der Waals surface area (Å²) >= 11 is 0. The minimum Gasteiger partial charge on any atom is -0.489 e. The third-order valence-electron chi connectivity index (χ3n) is 3.20. The van der Waals surface area contributed by atoms with Crippen molar-refractivity contribution < 1.29 is 9.13 Å². The molecule has 1 N–H and O–H groups in total. The summed E-state index contributed by atoms with van der Waals surface area (Å²) in [5.41, 5.74) is 0. The van der Waals surface area contributed by atoms with E-state index in [1.165, 1.54) is 37.8 Å². The largest absolute Gasteiger partial charge is 0.489 e. The molecular weight excluding hydrogens is 217 g/mol. The van der Waals surface area contributed by atoms with Crippen LogP contribution in [0.1, 0.15) is 32.6 Å². The molecule has 0 radical (unpaired) electrons. The van der Waals surface area contributed by atoms with Gasteiger partial charge in [-0.2, -0.15) is 0 Å². The van der Waals surface area contributed by atoms with Crippen molar-refractivity contribution in [2.45, 2.75) is 44.8 Å². The highest BCUT2D eigenvalue weighted by Gasteiger charge is 2.15. The molecule has 0 bridgehead atoms. The molecule has 1 aliphatic rings. The maximum absolute atomic E-state index is 12.7. The van der Waals surface area contributed by atoms with Crippen molar-refractivity contribution in [1.82, 2.24) is 5.32 Å². The van der Waals surface area contributed by atoms with Gasteiger partial charge in [-0.1, -0.05) is 12.8 Å². The highest BCUT2D eigenvalue weighted by molar-refractivity contribution is 5.22. The number of nitrogens with one attached hydrogen (secondary N) is 1. The maximum Gasteiger partial charge on any atom is 0.123 e. The van der Waals surface area contributed by atoms with Gasteiger partial charge in [0.1, 0.15) is 17.7 Å². The number of hydrogen-bond acceptors (Lipinski definition) is 2. The molecule has 1 unspecified atom stereocenters. The SMILES string of the molecule is CC(CNC1CCCC1)Oc1ccc(F)cc1. The number of halogens is 1. The van der Waals surface area contributed by atoms with E-state index in [2.05, 4.69) is 5.32 Å². The van der Waals surface area contributed by atoms with Gasteiger partial charge in [-0.05, 0) is 44.0 Å². The van der Waals surface area contributed by atoms with Gasteiger partial charge in [0, 0.05) is 12.6 Å². The first-order valence-corrected chi connectivity index (χ1v) is 6.39. The second-order valence-electron chi connectivity index (χ2n) is 4.77. The highest BCUT2D eigenvalue weighted by atomic mass is 19.1. The van der Waals surface area contributed by atoms with Crippen LogP contribution in [0.3, 0.4) is 0 Å². The van der Waals surface area contributed by atoms with Crippen LogP contribution in [0.4, 0.5) is 4.39 Å². The normalized spacial score (nSPS) is 18.2. The van der Waals surface area contributed by atoms with E-state index in [1.54, 1.807) is 12.1 Å². The quantitative estimate of drug-likeness (QED) is 0.849. The lowest BCUT2D eigenvalue weighted by Gasteiger charge is -2.18. The molecule has 0 heterocycles. The maximum atomic E-state index is 12.7. The molecule has 0 aromatic heterocycles. The van der Waals surface area contributed by atoms with E-state index in [4.69, 9.17) is 4.74 Å². The first-order valence-electron chi connectivity index (χ1n) is 6.39. The third-order valence-corrected chi connectivity index (χ3v) is 3.20. The first kappa shape index (κ1) is 12.4. The van der Waals surface area contributed by atoms with Gasteiger partial charge in [0.15, 0.2) is 0 Å². The topological polar surface area (TPSA) is 21.3 Å². The van der Waals surface area contributed by atoms with E-state index < -0.39 is 0 Å². The molecule has 94 valence electrons. The van der Waals surface area contributed by atoms with E-state index in [1.807, 2.05) is 6.92 Å². The van der Waals surface area contributed by atoms with Crippen LogP contribution in [-0.2, 0) is 0 Å². The average molecular weight is 237 g/mol. The van der Waals surface area contributed by atoms with Crippen LogP contribution < -0.4 is 10.1 Å². The summed E-state index contributed by atoms with van der Waals surface area (Å²) in [6.07, 6.45) is 5.35. The number of benzene rings is 1. The van der Waals surface area contributed by atoms with Crippen LogP contribution in [0.5, 0.6) is 5.75 Å². The average Bonchev–Trinajstić information content (AvgIpc) is 2.83. The van der Waals surface area contributed by atoms with Crippen molar-refractivity contribution in [3.05, 3.63) is 30.1 Å². The van der Waals surface area contributed by atoms with Gasteiger partial charge in [0.05, 0.1) is 0 Å². The summed E-state index contributed by atoms with van der Waals surface area (Å²) in [6.45, 7) is 2.88. The molecule has 0 amide bonds. The molecule has 1 atom stereocenters. The van der Waals surface area contributed by atoms with Crippen LogP contribution in [0.25, 0.3) is 0 Å². The fraction of sp³-hybridized carbons (Fsp3) is 0.571. The molecule has 1 fully saturated rings. The summed E-state index contributed by atoms with van der Waals surface area (Å²) in [5, 5.41) is 3.51. The Bertz CT molecular complexity index is 333. The molecule has 1 aromatic carbocycles. The summed E-state index contributed by atoms with van der Waals surface area (Å²) in [4.78, 5) is 0. The number of ether oxygens (including phenoxy) is 1. The zero-order valence-corrected chi connectivity index (χ0v) is 10.3. The summed E-state index contributed by atoms with van der Waals surface area (Å²) in [7, 11) is 0. The van der Waals surface area contributed by atoms with Crippen molar-refractivity contribution in [3.63, 3.8) is 0 Å². The van der Waals surface area contributed by atoms with E-state index in [9.17, 15) is 4.39 Å². The van der Waals surface area contributed by atoms with Crippen molar-refractivity contribution >= 4 is 0 Å². The predicted octanol–water partition coefficient (Wildman–Crippen LogP) is 3.13. The molecule has 3 heteroatoms. The molecular formula is C14H20FNO. The molecule has 17 heavy (non-hydrogen) atoms. The van der Waals surface area contributed by atoms with Crippen molar-refractivity contribution in [1.29, 1.82) is 0 Å². The molecule has 0 aliphatic heterocycles. The Morgan fingerprint density at radius 3 is 2.59 bits per heavy atom. The second-order valence-corrected chi connectivity index (χ2v) is 4.77. The smallest absolute Gasteiger partial charge is 0.123 e. The fourth-order valence-corrected chi connectivity index (χ4v) is 2.25. The van der Waals surface area contributed by atoms with Crippen molar-refractivity contribution in [2.75, 3.05) is 6.54 Å². The number of rotatable bonds is 5. The summed E-state index contributed by atoms with van der Waals surface area (Å²) < 4.78 is 18.4. The molecule has 1 saturated carbocycles. The van der Waals surface area contributed by atoms with E-state index in [0.29, 0.717) is 6.04 Å². The Kier molecular flexibility index (Phi) is 4.37. The van der Waals surface area contributed by atoms with Crippen molar-refractivity contribution in [2.24, 2.45) is 0 Å². The lowest BCUT2D eigenvalue weighted by molar-refractivity contribution is 0.211. The summed E-state index contributed by atoms with van der Waals surface area (Å²) in [5.74, 6) is 0.501. The lowest BCUT2D eigenvalue weighted by Crippen LogP contribution is -2.35.